The number of nitro groups is 1. The highest BCUT2D eigenvalue weighted by Crippen LogP contribution is 2.20. The standard InChI is InChI=1S/C16H14N4O3/c21-16(17-9-12-4-2-1-3-5-12)11-19-15-8-14(20(22)23)7-6-13(15)10-18-19/h1-8,10H,9,11H2,(H,17,21). The summed E-state index contributed by atoms with van der Waals surface area (Å²) in [6.45, 7) is 0.441. The summed E-state index contributed by atoms with van der Waals surface area (Å²) < 4.78 is 1.46. The average Bonchev–Trinajstić information content (AvgIpc) is 2.96. The average molecular weight is 310 g/mol. The molecule has 0 atom stereocenters. The molecule has 0 fully saturated rings. The molecule has 0 saturated heterocycles. The number of aromatic nitrogens is 2. The molecule has 0 aliphatic rings. The molecule has 3 aromatic rings. The van der Waals surface area contributed by atoms with Crippen molar-refractivity contribution in [1.29, 1.82) is 0 Å². The molecular weight excluding hydrogens is 296 g/mol. The number of nitrogens with one attached hydrogen (secondary N) is 1. The zero-order chi connectivity index (χ0) is 16.2. The Morgan fingerprint density at radius 3 is 2.74 bits per heavy atom. The van der Waals surface area contributed by atoms with E-state index in [9.17, 15) is 14.9 Å². The Morgan fingerprint density at radius 2 is 2.00 bits per heavy atom. The van der Waals surface area contributed by atoms with Crippen LogP contribution in [0.25, 0.3) is 10.9 Å². The molecule has 1 N–H and O–H groups in total. The van der Waals surface area contributed by atoms with Crippen molar-refractivity contribution in [2.45, 2.75) is 13.1 Å². The second-order valence-electron chi connectivity index (χ2n) is 5.06. The molecule has 0 aliphatic heterocycles. The smallest absolute Gasteiger partial charge is 0.271 e. The number of hydrogen-bond acceptors (Lipinski definition) is 4. The summed E-state index contributed by atoms with van der Waals surface area (Å²) in [6.07, 6.45) is 1.59. The van der Waals surface area contributed by atoms with Crippen molar-refractivity contribution in [3.05, 3.63) is 70.4 Å². The first-order valence-electron chi connectivity index (χ1n) is 7.04. The molecule has 1 aromatic heterocycles. The molecule has 0 radical (unpaired) electrons. The number of fused-ring (bicyclic) bond motifs is 1. The minimum atomic E-state index is -0.466. The molecule has 1 heterocycles. The predicted octanol–water partition coefficient (Wildman–Crippen LogP) is 2.26. The molecule has 3 rings (SSSR count). The van der Waals surface area contributed by atoms with Crippen LogP contribution in [0.15, 0.2) is 54.7 Å². The number of carbonyl (C=O) groups is 1. The van der Waals surface area contributed by atoms with E-state index in [0.717, 1.165) is 10.9 Å². The quantitative estimate of drug-likeness (QED) is 0.578. The SMILES string of the molecule is O=C(Cn1ncc2ccc([N+](=O)[O-])cc21)NCc1ccccc1. The van der Waals surface area contributed by atoms with Gasteiger partial charge in [-0.3, -0.25) is 19.6 Å². The Labute approximate surface area is 131 Å². The third kappa shape index (κ3) is 3.34. The van der Waals surface area contributed by atoms with Gasteiger partial charge in [0.05, 0.1) is 16.6 Å². The van der Waals surface area contributed by atoms with Gasteiger partial charge >= 0.3 is 0 Å². The lowest BCUT2D eigenvalue weighted by Crippen LogP contribution is -2.27. The summed E-state index contributed by atoms with van der Waals surface area (Å²) in [5.41, 5.74) is 1.54. The Balaban J connectivity index is 1.72. The first-order chi connectivity index (χ1) is 11.1. The fraction of sp³-hybridized carbons (Fsp3) is 0.125. The molecule has 7 nitrogen and oxygen atoms in total. The zero-order valence-corrected chi connectivity index (χ0v) is 12.2. The lowest BCUT2D eigenvalue weighted by atomic mass is 10.2. The fourth-order valence-corrected chi connectivity index (χ4v) is 2.29. The van der Waals surface area contributed by atoms with Crippen LogP contribution in [0.1, 0.15) is 5.56 Å². The molecule has 1 amide bonds. The highest BCUT2D eigenvalue weighted by molar-refractivity contribution is 5.83. The molecule has 0 unspecified atom stereocenters. The van der Waals surface area contributed by atoms with Gasteiger partial charge in [-0.2, -0.15) is 5.10 Å². The molecule has 0 saturated carbocycles. The van der Waals surface area contributed by atoms with Crippen molar-refractivity contribution >= 4 is 22.5 Å². The van der Waals surface area contributed by atoms with Gasteiger partial charge in [-0.1, -0.05) is 30.3 Å². The van der Waals surface area contributed by atoms with Gasteiger partial charge in [0.2, 0.25) is 5.91 Å². The zero-order valence-electron chi connectivity index (χ0n) is 12.2. The summed E-state index contributed by atoms with van der Waals surface area (Å²) in [6, 6.07) is 14.0. The summed E-state index contributed by atoms with van der Waals surface area (Å²) in [4.78, 5) is 22.4. The van der Waals surface area contributed by atoms with Gasteiger partial charge in [-0.15, -0.1) is 0 Å². The van der Waals surface area contributed by atoms with Gasteiger partial charge in [0.15, 0.2) is 0 Å². The Kier molecular flexibility index (Phi) is 4.01. The van der Waals surface area contributed by atoms with E-state index in [1.807, 2.05) is 30.3 Å². The maximum Gasteiger partial charge on any atom is 0.271 e. The lowest BCUT2D eigenvalue weighted by molar-refractivity contribution is -0.384. The van der Waals surface area contributed by atoms with E-state index in [1.165, 1.54) is 16.8 Å². The summed E-state index contributed by atoms with van der Waals surface area (Å²) >= 11 is 0. The summed E-state index contributed by atoms with van der Waals surface area (Å²) in [7, 11) is 0. The van der Waals surface area contributed by atoms with E-state index in [1.54, 1.807) is 12.3 Å². The van der Waals surface area contributed by atoms with E-state index in [-0.39, 0.29) is 18.1 Å². The Bertz CT molecular complexity index is 858. The van der Waals surface area contributed by atoms with E-state index < -0.39 is 4.92 Å². The van der Waals surface area contributed by atoms with Crippen molar-refractivity contribution in [3.63, 3.8) is 0 Å². The normalized spacial score (nSPS) is 10.6. The van der Waals surface area contributed by atoms with Gasteiger partial charge in [0.1, 0.15) is 6.54 Å². The van der Waals surface area contributed by atoms with Crippen LogP contribution in [-0.4, -0.2) is 20.6 Å². The van der Waals surface area contributed by atoms with Crippen LogP contribution in [0, 0.1) is 10.1 Å². The topological polar surface area (TPSA) is 90.1 Å². The molecule has 0 spiro atoms. The first kappa shape index (κ1) is 14.7. The van der Waals surface area contributed by atoms with Crippen LogP contribution in [0.5, 0.6) is 0 Å². The monoisotopic (exact) mass is 310 g/mol. The second-order valence-corrected chi connectivity index (χ2v) is 5.06. The number of nitrogens with zero attached hydrogens (tertiary/aromatic N) is 3. The van der Waals surface area contributed by atoms with Crippen molar-refractivity contribution < 1.29 is 9.72 Å². The van der Waals surface area contributed by atoms with Gasteiger partial charge in [0, 0.05) is 24.1 Å². The first-order valence-corrected chi connectivity index (χ1v) is 7.04. The van der Waals surface area contributed by atoms with Crippen molar-refractivity contribution in [2.24, 2.45) is 0 Å². The molecule has 2 aromatic carbocycles. The van der Waals surface area contributed by atoms with Gasteiger partial charge in [-0.05, 0) is 11.6 Å². The van der Waals surface area contributed by atoms with Crippen LogP contribution in [0.3, 0.4) is 0 Å². The molecule has 7 heteroatoms. The van der Waals surface area contributed by atoms with Gasteiger partial charge < -0.3 is 5.32 Å². The second kappa shape index (κ2) is 6.27. The van der Waals surface area contributed by atoms with Crippen LogP contribution in [-0.2, 0) is 17.9 Å². The van der Waals surface area contributed by atoms with Crippen LogP contribution in [0.2, 0.25) is 0 Å². The molecule has 116 valence electrons. The van der Waals surface area contributed by atoms with Gasteiger partial charge in [-0.25, -0.2) is 0 Å². The predicted molar refractivity (Wildman–Crippen MR) is 84.7 cm³/mol. The third-order valence-corrected chi connectivity index (χ3v) is 3.47. The van der Waals surface area contributed by atoms with E-state index in [0.29, 0.717) is 12.1 Å². The van der Waals surface area contributed by atoms with Crippen LogP contribution >= 0.6 is 0 Å². The number of carbonyl (C=O) groups excluding carboxylic acids is 1. The number of benzene rings is 2. The minimum Gasteiger partial charge on any atom is -0.350 e. The number of rotatable bonds is 5. The number of nitro benzene ring substituents is 1. The lowest BCUT2D eigenvalue weighted by Gasteiger charge is -2.06. The van der Waals surface area contributed by atoms with E-state index in [2.05, 4.69) is 10.4 Å². The van der Waals surface area contributed by atoms with Crippen molar-refractivity contribution in [2.75, 3.05) is 0 Å². The number of non-ortho nitro benzene ring substituents is 1. The van der Waals surface area contributed by atoms with Crippen LogP contribution in [0.4, 0.5) is 5.69 Å². The maximum absolute atomic E-state index is 12.0. The molecule has 23 heavy (non-hydrogen) atoms. The highest BCUT2D eigenvalue weighted by Gasteiger charge is 2.12. The van der Waals surface area contributed by atoms with E-state index in [4.69, 9.17) is 0 Å². The number of hydrogen-bond donors (Lipinski definition) is 1. The highest BCUT2D eigenvalue weighted by atomic mass is 16.6. The molecular formula is C16H14N4O3. The Hall–Kier alpha value is -3.22. The maximum atomic E-state index is 12.0. The summed E-state index contributed by atoms with van der Waals surface area (Å²) in [5.74, 6) is -0.203. The number of amides is 1. The van der Waals surface area contributed by atoms with Crippen molar-refractivity contribution in [3.8, 4) is 0 Å². The third-order valence-electron chi connectivity index (χ3n) is 3.47. The largest absolute Gasteiger partial charge is 0.350 e. The fourth-order valence-electron chi connectivity index (χ4n) is 2.29. The van der Waals surface area contributed by atoms with Crippen LogP contribution < -0.4 is 5.32 Å². The van der Waals surface area contributed by atoms with Crippen molar-refractivity contribution in [1.82, 2.24) is 15.1 Å². The molecule has 0 aliphatic carbocycles. The van der Waals surface area contributed by atoms with E-state index >= 15 is 0 Å². The molecule has 0 bridgehead atoms. The summed E-state index contributed by atoms with van der Waals surface area (Å²) in [5, 5.41) is 18.5. The van der Waals surface area contributed by atoms with Gasteiger partial charge in [0.25, 0.3) is 5.69 Å². The minimum absolute atomic E-state index is 0.0114. The Morgan fingerprint density at radius 1 is 1.22 bits per heavy atom.